The Morgan fingerprint density at radius 3 is 1.77 bits per heavy atom. The number of benzene rings is 1. The lowest BCUT2D eigenvalue weighted by molar-refractivity contribution is 1.14. The van der Waals surface area contributed by atoms with Crippen LogP contribution in [0.4, 0.5) is 0 Å². The van der Waals surface area contributed by atoms with Crippen LogP contribution < -0.4 is 5.73 Å². The summed E-state index contributed by atoms with van der Waals surface area (Å²) in [5, 5.41) is 0. The molecule has 0 atom stereocenters. The fourth-order valence-electron chi connectivity index (χ4n) is 0.533. The maximum absolute atomic E-state index is 4.85. The monoisotopic (exact) mass is 241 g/mol. The Labute approximate surface area is 89.5 Å². The average Bonchev–Trinajstić information content (AvgIpc) is 2.15. The van der Waals surface area contributed by atoms with Gasteiger partial charge >= 0.3 is 0 Å². The third-order valence-corrected chi connectivity index (χ3v) is 1.54. The molecule has 0 bridgehead atoms. The third-order valence-electron chi connectivity index (χ3n) is 1.01. The molecule has 0 aliphatic rings. The van der Waals surface area contributed by atoms with Crippen molar-refractivity contribution in [3.63, 3.8) is 0 Å². The van der Waals surface area contributed by atoms with E-state index in [0.29, 0.717) is 0 Å². The van der Waals surface area contributed by atoms with Crippen molar-refractivity contribution in [3.05, 3.63) is 34.3 Å². The molecule has 72 valence electrons. The highest BCUT2D eigenvalue weighted by atomic mass is 79.9. The molecule has 1 aromatic carbocycles. The van der Waals surface area contributed by atoms with E-state index in [2.05, 4.69) is 47.8 Å². The van der Waals surface area contributed by atoms with Crippen molar-refractivity contribution in [2.45, 2.75) is 13.8 Å². The topological polar surface area (TPSA) is 26.0 Å². The highest BCUT2D eigenvalue weighted by molar-refractivity contribution is 9.10. The van der Waals surface area contributed by atoms with Crippen LogP contribution in [0.2, 0.25) is 0 Å². The van der Waals surface area contributed by atoms with E-state index in [-0.39, 0.29) is 0 Å². The predicted molar refractivity (Wildman–Crippen MR) is 63.5 cm³/mol. The van der Waals surface area contributed by atoms with Gasteiger partial charge in [0.2, 0.25) is 0 Å². The molecule has 1 nitrogen and oxygen atoms in total. The highest BCUT2D eigenvalue weighted by Crippen LogP contribution is 2.08. The summed E-state index contributed by atoms with van der Waals surface area (Å²) in [7, 11) is 0. The molecule has 13 heavy (non-hydrogen) atoms. The summed E-state index contributed by atoms with van der Waals surface area (Å²) >= 11 is 3.35. The van der Waals surface area contributed by atoms with Crippen molar-refractivity contribution in [2.24, 2.45) is 5.73 Å². The molecule has 0 saturated carbocycles. The molecule has 1 aromatic rings. The molecule has 0 aliphatic carbocycles. The van der Waals surface area contributed by atoms with Crippen molar-refractivity contribution in [1.82, 2.24) is 0 Å². The van der Waals surface area contributed by atoms with Crippen molar-refractivity contribution >= 4 is 15.9 Å². The molecule has 0 saturated heterocycles. The number of rotatable bonds is 0. The Balaban J connectivity index is 0. The van der Waals surface area contributed by atoms with E-state index < -0.39 is 0 Å². The van der Waals surface area contributed by atoms with Crippen LogP contribution in [-0.2, 0) is 0 Å². The van der Waals surface area contributed by atoms with Crippen LogP contribution >= 0.6 is 15.9 Å². The summed E-state index contributed by atoms with van der Waals surface area (Å²) in [5.41, 5.74) is 6.15. The van der Waals surface area contributed by atoms with Crippen molar-refractivity contribution in [1.29, 1.82) is 0 Å². The van der Waals surface area contributed by atoms with Crippen molar-refractivity contribution < 1.29 is 0 Å². The van der Waals surface area contributed by atoms with E-state index in [4.69, 9.17) is 5.73 Å². The fraction of sp³-hybridized carbons (Fsp3) is 0.273. The van der Waals surface area contributed by atoms with Crippen LogP contribution in [-0.4, -0.2) is 6.54 Å². The normalized spacial score (nSPS) is 7.23. The second kappa shape index (κ2) is 11.2. The number of terminal acetylenes is 1. The lowest BCUT2D eigenvalue weighted by Gasteiger charge is -1.88. The second-order valence-electron chi connectivity index (χ2n) is 2.20. The van der Waals surface area contributed by atoms with Crippen LogP contribution in [0.25, 0.3) is 0 Å². The predicted octanol–water partition coefficient (Wildman–Crippen LogP) is 2.97. The lowest BCUT2D eigenvalue weighted by atomic mass is 10.2. The minimum Gasteiger partial charge on any atom is -0.331 e. The van der Waals surface area contributed by atoms with Crippen molar-refractivity contribution in [3.8, 4) is 12.8 Å². The van der Waals surface area contributed by atoms with Gasteiger partial charge in [0.1, 0.15) is 0 Å². The van der Waals surface area contributed by atoms with E-state index >= 15 is 0 Å². The summed E-state index contributed by atoms with van der Waals surface area (Å²) in [4.78, 5) is 0. The Bertz CT molecular complexity index is 192. The Kier molecular flexibility index (Phi) is 12.7. The number of hydrogen-bond acceptors (Lipinski definition) is 1. The summed E-state index contributed by atoms with van der Waals surface area (Å²) in [6.07, 6.45) is 8.00. The number of hydrogen-bond donors (Lipinski definition) is 1. The van der Waals surface area contributed by atoms with E-state index in [1.807, 2.05) is 19.1 Å². The molecular formula is C11H16BrN. The first kappa shape index (κ1) is 14.7. The van der Waals surface area contributed by atoms with Crippen LogP contribution in [0, 0.1) is 19.8 Å². The maximum Gasteiger partial charge on any atom is 0.0175 e. The smallest absolute Gasteiger partial charge is 0.0175 e. The molecule has 0 heterocycles. The molecule has 0 unspecified atom stereocenters. The summed E-state index contributed by atoms with van der Waals surface area (Å²) < 4.78 is 1.14. The Hall–Kier alpha value is -0.780. The van der Waals surface area contributed by atoms with Gasteiger partial charge in [-0.25, -0.2) is 0 Å². The van der Waals surface area contributed by atoms with Gasteiger partial charge in [-0.2, -0.15) is 0 Å². The van der Waals surface area contributed by atoms with Gasteiger partial charge in [0.15, 0.2) is 0 Å². The standard InChI is InChI=1S/C7H7Br.C2H7N.C2H2/c1-6-2-4-7(8)5-3-6;1-2-3;1-2/h2-5H,1H3;2-3H2,1H3;1-2H. The highest BCUT2D eigenvalue weighted by Gasteiger charge is 1.81. The first-order valence-corrected chi connectivity index (χ1v) is 4.75. The molecule has 0 aromatic heterocycles. The van der Waals surface area contributed by atoms with Crippen LogP contribution in [0.1, 0.15) is 12.5 Å². The molecule has 0 radical (unpaired) electrons. The zero-order chi connectivity index (χ0) is 10.7. The molecular weight excluding hydrogens is 226 g/mol. The quantitative estimate of drug-likeness (QED) is 0.695. The molecule has 0 fully saturated rings. The van der Waals surface area contributed by atoms with Gasteiger partial charge < -0.3 is 5.73 Å². The Morgan fingerprint density at radius 1 is 1.23 bits per heavy atom. The molecule has 2 N–H and O–H groups in total. The van der Waals surface area contributed by atoms with Gasteiger partial charge in [0, 0.05) is 4.47 Å². The lowest BCUT2D eigenvalue weighted by Crippen LogP contribution is -1.87. The largest absolute Gasteiger partial charge is 0.331 e. The van der Waals surface area contributed by atoms with Crippen LogP contribution in [0.15, 0.2) is 28.7 Å². The van der Waals surface area contributed by atoms with Crippen LogP contribution in [0.3, 0.4) is 0 Å². The fourth-order valence-corrected chi connectivity index (χ4v) is 0.798. The zero-order valence-electron chi connectivity index (χ0n) is 8.13. The van der Waals surface area contributed by atoms with Gasteiger partial charge in [-0.15, -0.1) is 12.8 Å². The number of nitrogens with two attached hydrogens (primary N) is 1. The van der Waals surface area contributed by atoms with Gasteiger partial charge in [-0.05, 0) is 25.6 Å². The molecule has 2 heteroatoms. The number of halogens is 1. The molecule has 0 amide bonds. The minimum atomic E-state index is 0.750. The summed E-state index contributed by atoms with van der Waals surface area (Å²) in [6, 6.07) is 8.22. The van der Waals surface area contributed by atoms with E-state index in [9.17, 15) is 0 Å². The third kappa shape index (κ3) is 11.2. The molecule has 0 aliphatic heterocycles. The minimum absolute atomic E-state index is 0.750. The van der Waals surface area contributed by atoms with Crippen LogP contribution in [0.5, 0.6) is 0 Å². The summed E-state index contributed by atoms with van der Waals surface area (Å²) in [6.45, 7) is 4.73. The van der Waals surface area contributed by atoms with E-state index in [0.717, 1.165) is 11.0 Å². The van der Waals surface area contributed by atoms with Gasteiger partial charge in [-0.3, -0.25) is 0 Å². The SMILES string of the molecule is C#C.CCN.Cc1ccc(Br)cc1. The second-order valence-corrected chi connectivity index (χ2v) is 3.12. The number of aryl methyl sites for hydroxylation is 1. The Morgan fingerprint density at radius 2 is 1.54 bits per heavy atom. The van der Waals surface area contributed by atoms with Gasteiger partial charge in [-0.1, -0.05) is 40.5 Å². The summed E-state index contributed by atoms with van der Waals surface area (Å²) in [5.74, 6) is 0. The first-order valence-electron chi connectivity index (χ1n) is 3.96. The van der Waals surface area contributed by atoms with Gasteiger partial charge in [0.05, 0.1) is 0 Å². The molecule has 0 spiro atoms. The average molecular weight is 242 g/mol. The van der Waals surface area contributed by atoms with Crippen molar-refractivity contribution in [2.75, 3.05) is 6.54 Å². The zero-order valence-corrected chi connectivity index (χ0v) is 9.71. The van der Waals surface area contributed by atoms with Gasteiger partial charge in [0.25, 0.3) is 0 Å². The molecule has 1 rings (SSSR count). The van der Waals surface area contributed by atoms with E-state index in [1.54, 1.807) is 0 Å². The first-order chi connectivity index (χ1) is 6.20. The van der Waals surface area contributed by atoms with E-state index in [1.165, 1.54) is 5.56 Å². The maximum atomic E-state index is 4.85.